The maximum absolute atomic E-state index is 13.3. The van der Waals surface area contributed by atoms with Gasteiger partial charge in [-0.15, -0.1) is 0 Å². The van der Waals surface area contributed by atoms with Gasteiger partial charge in [0.05, 0.1) is 0 Å². The van der Waals surface area contributed by atoms with Crippen LogP contribution in [-0.4, -0.2) is 19.0 Å². The smallest absolute Gasteiger partial charge is 0.162 e. The van der Waals surface area contributed by atoms with Crippen LogP contribution in [0.4, 0.5) is 4.39 Å². The van der Waals surface area contributed by atoms with E-state index in [0.717, 1.165) is 6.42 Å². The van der Waals surface area contributed by atoms with E-state index in [0.29, 0.717) is 12.2 Å². The third-order valence-corrected chi connectivity index (χ3v) is 2.60. The van der Waals surface area contributed by atoms with E-state index in [2.05, 4.69) is 20.8 Å². The van der Waals surface area contributed by atoms with Crippen LogP contribution < -0.4 is 0 Å². The van der Waals surface area contributed by atoms with Gasteiger partial charge in [-0.3, -0.25) is 4.79 Å². The molecule has 0 N–H and O–H groups in total. The molecule has 1 rings (SSSR count). The molecule has 0 saturated heterocycles. The predicted octanol–water partition coefficient (Wildman–Crippen LogP) is 3.39. The van der Waals surface area contributed by atoms with Crippen molar-refractivity contribution in [2.24, 2.45) is 5.41 Å². The standard InChI is InChI=1S/C15H21FO2/c1-15(2,3)8-9-18-11-13(17)10-12-6-4-5-7-14(12)16/h4-7H,8-11H2,1-3H3. The predicted molar refractivity (Wildman–Crippen MR) is 70.0 cm³/mol. The van der Waals surface area contributed by atoms with Crippen LogP contribution in [0, 0.1) is 11.2 Å². The number of halogens is 1. The first-order chi connectivity index (χ1) is 8.38. The molecule has 0 spiro atoms. The van der Waals surface area contributed by atoms with Crippen LogP contribution in [0.2, 0.25) is 0 Å². The van der Waals surface area contributed by atoms with Gasteiger partial charge in [-0.25, -0.2) is 4.39 Å². The summed E-state index contributed by atoms with van der Waals surface area (Å²) in [5.41, 5.74) is 0.635. The molecule has 18 heavy (non-hydrogen) atoms. The summed E-state index contributed by atoms with van der Waals surface area (Å²) in [6, 6.07) is 6.33. The minimum atomic E-state index is -0.333. The van der Waals surface area contributed by atoms with E-state index in [9.17, 15) is 9.18 Å². The Labute approximate surface area is 108 Å². The summed E-state index contributed by atoms with van der Waals surface area (Å²) in [4.78, 5) is 11.6. The molecule has 3 heteroatoms. The van der Waals surface area contributed by atoms with Crippen LogP contribution in [0.15, 0.2) is 24.3 Å². The fraction of sp³-hybridized carbons (Fsp3) is 0.533. The number of hydrogen-bond donors (Lipinski definition) is 0. The molecular weight excluding hydrogens is 231 g/mol. The third kappa shape index (κ3) is 5.92. The molecule has 0 radical (unpaired) electrons. The van der Waals surface area contributed by atoms with E-state index in [1.807, 2.05) is 0 Å². The second-order valence-corrected chi connectivity index (χ2v) is 5.67. The Morgan fingerprint density at radius 1 is 1.28 bits per heavy atom. The van der Waals surface area contributed by atoms with E-state index in [1.165, 1.54) is 6.07 Å². The number of carbonyl (C=O) groups is 1. The van der Waals surface area contributed by atoms with Gasteiger partial charge in [0.15, 0.2) is 5.78 Å². The zero-order valence-corrected chi connectivity index (χ0v) is 11.3. The second kappa shape index (κ2) is 6.64. The summed E-state index contributed by atoms with van der Waals surface area (Å²) in [5, 5.41) is 0. The lowest BCUT2D eigenvalue weighted by molar-refractivity contribution is -0.123. The van der Waals surface area contributed by atoms with Crippen molar-refractivity contribution in [1.82, 2.24) is 0 Å². The molecule has 0 aliphatic rings. The Kier molecular flexibility index (Phi) is 5.48. The van der Waals surface area contributed by atoms with Gasteiger partial charge in [0, 0.05) is 13.0 Å². The molecule has 0 aliphatic carbocycles. The highest BCUT2D eigenvalue weighted by Crippen LogP contribution is 2.17. The molecule has 0 heterocycles. The number of carbonyl (C=O) groups excluding carboxylic acids is 1. The molecule has 0 aromatic heterocycles. The monoisotopic (exact) mass is 252 g/mol. The lowest BCUT2D eigenvalue weighted by atomic mass is 9.93. The summed E-state index contributed by atoms with van der Waals surface area (Å²) in [6.07, 6.45) is 1.00. The number of ketones is 1. The molecule has 0 aliphatic heterocycles. The summed E-state index contributed by atoms with van der Waals surface area (Å²) >= 11 is 0. The molecule has 0 amide bonds. The van der Waals surface area contributed by atoms with Crippen LogP contribution in [0.3, 0.4) is 0 Å². The van der Waals surface area contributed by atoms with Crippen molar-refractivity contribution < 1.29 is 13.9 Å². The van der Waals surface area contributed by atoms with Crippen LogP contribution in [0.1, 0.15) is 32.8 Å². The number of benzene rings is 1. The average Bonchev–Trinajstić information content (AvgIpc) is 2.26. The minimum Gasteiger partial charge on any atom is -0.374 e. The molecule has 0 atom stereocenters. The highest BCUT2D eigenvalue weighted by Gasteiger charge is 2.11. The molecule has 0 unspecified atom stereocenters. The number of Topliss-reactive ketones (excluding diaryl/α,β-unsaturated/α-hetero) is 1. The van der Waals surface area contributed by atoms with Crippen LogP contribution in [0.5, 0.6) is 0 Å². The molecule has 2 nitrogen and oxygen atoms in total. The Hall–Kier alpha value is -1.22. The number of ether oxygens (including phenoxy) is 1. The summed E-state index contributed by atoms with van der Waals surface area (Å²) in [7, 11) is 0. The molecule has 1 aromatic carbocycles. The first-order valence-corrected chi connectivity index (χ1v) is 6.21. The van der Waals surface area contributed by atoms with E-state index >= 15 is 0 Å². The van der Waals surface area contributed by atoms with Crippen molar-refractivity contribution in [3.8, 4) is 0 Å². The van der Waals surface area contributed by atoms with Crippen LogP contribution in [0.25, 0.3) is 0 Å². The first-order valence-electron chi connectivity index (χ1n) is 6.21. The highest BCUT2D eigenvalue weighted by atomic mass is 19.1. The van der Waals surface area contributed by atoms with Gasteiger partial charge in [-0.1, -0.05) is 39.0 Å². The van der Waals surface area contributed by atoms with Crippen molar-refractivity contribution in [2.45, 2.75) is 33.6 Å². The fourth-order valence-corrected chi connectivity index (χ4v) is 1.47. The van der Waals surface area contributed by atoms with Gasteiger partial charge < -0.3 is 4.74 Å². The van der Waals surface area contributed by atoms with Crippen molar-refractivity contribution >= 4 is 5.78 Å². The normalized spacial score (nSPS) is 11.6. The lowest BCUT2D eigenvalue weighted by Crippen LogP contribution is -2.15. The van der Waals surface area contributed by atoms with Gasteiger partial charge in [0.1, 0.15) is 12.4 Å². The summed E-state index contributed by atoms with van der Waals surface area (Å²) in [5.74, 6) is -0.422. The van der Waals surface area contributed by atoms with Crippen molar-refractivity contribution in [3.05, 3.63) is 35.6 Å². The minimum absolute atomic E-state index is 0.0599. The van der Waals surface area contributed by atoms with Gasteiger partial charge in [-0.05, 0) is 23.5 Å². The second-order valence-electron chi connectivity index (χ2n) is 5.67. The van der Waals surface area contributed by atoms with E-state index in [-0.39, 0.29) is 30.0 Å². The average molecular weight is 252 g/mol. The zero-order chi connectivity index (χ0) is 13.6. The molecule has 100 valence electrons. The zero-order valence-electron chi connectivity index (χ0n) is 11.3. The third-order valence-electron chi connectivity index (χ3n) is 2.60. The van der Waals surface area contributed by atoms with Crippen molar-refractivity contribution in [2.75, 3.05) is 13.2 Å². The van der Waals surface area contributed by atoms with E-state index in [1.54, 1.807) is 18.2 Å². The quantitative estimate of drug-likeness (QED) is 0.725. The van der Waals surface area contributed by atoms with Gasteiger partial charge in [0.25, 0.3) is 0 Å². The summed E-state index contributed by atoms with van der Waals surface area (Å²) in [6.45, 7) is 6.99. The fourth-order valence-electron chi connectivity index (χ4n) is 1.47. The SMILES string of the molecule is CC(C)(C)CCOCC(=O)Cc1ccccc1F. The van der Waals surface area contributed by atoms with Crippen LogP contribution >= 0.6 is 0 Å². The number of rotatable bonds is 6. The molecule has 0 saturated carbocycles. The topological polar surface area (TPSA) is 26.3 Å². The van der Waals surface area contributed by atoms with E-state index < -0.39 is 0 Å². The highest BCUT2D eigenvalue weighted by molar-refractivity contribution is 5.82. The maximum atomic E-state index is 13.3. The van der Waals surface area contributed by atoms with Gasteiger partial charge in [-0.2, -0.15) is 0 Å². The largest absolute Gasteiger partial charge is 0.374 e. The van der Waals surface area contributed by atoms with Crippen molar-refractivity contribution in [1.29, 1.82) is 0 Å². The summed E-state index contributed by atoms with van der Waals surface area (Å²) < 4.78 is 18.6. The van der Waals surface area contributed by atoms with Gasteiger partial charge >= 0.3 is 0 Å². The molecular formula is C15H21FO2. The van der Waals surface area contributed by atoms with E-state index in [4.69, 9.17) is 4.74 Å². The Bertz CT molecular complexity index is 394. The molecule has 0 fully saturated rings. The molecule has 1 aromatic rings. The molecule has 0 bridgehead atoms. The van der Waals surface area contributed by atoms with Gasteiger partial charge in [0.2, 0.25) is 0 Å². The number of hydrogen-bond acceptors (Lipinski definition) is 2. The Morgan fingerprint density at radius 2 is 1.94 bits per heavy atom. The van der Waals surface area contributed by atoms with Crippen molar-refractivity contribution in [3.63, 3.8) is 0 Å². The van der Waals surface area contributed by atoms with Crippen LogP contribution in [-0.2, 0) is 16.0 Å². The Balaban J connectivity index is 2.29. The lowest BCUT2D eigenvalue weighted by Gasteiger charge is -2.17. The maximum Gasteiger partial charge on any atom is 0.162 e. The Morgan fingerprint density at radius 3 is 2.56 bits per heavy atom. The first kappa shape index (κ1) is 14.8.